The molecule has 1 saturated heterocycles. The number of hydrogen-bond donors (Lipinski definition) is 0. The molecule has 1 fully saturated rings. The van der Waals surface area contributed by atoms with Crippen molar-refractivity contribution in [1.82, 2.24) is 14.8 Å². The summed E-state index contributed by atoms with van der Waals surface area (Å²) in [6.07, 6.45) is 5.72. The van der Waals surface area contributed by atoms with E-state index in [0.717, 1.165) is 45.6 Å². The quantitative estimate of drug-likeness (QED) is 0.857. The van der Waals surface area contributed by atoms with Crippen molar-refractivity contribution in [3.05, 3.63) is 30.1 Å². The summed E-state index contributed by atoms with van der Waals surface area (Å²) in [5.41, 5.74) is 0.868. The van der Waals surface area contributed by atoms with Crippen LogP contribution in [0.15, 0.2) is 24.5 Å². The molecule has 0 atom stereocenters. The van der Waals surface area contributed by atoms with Crippen LogP contribution in [-0.2, 0) is 11.2 Å². The third-order valence-electron chi connectivity index (χ3n) is 3.69. The second-order valence-corrected chi connectivity index (χ2v) is 6.77. The van der Waals surface area contributed by atoms with Gasteiger partial charge in [0.05, 0.1) is 0 Å². The SMILES string of the molecule is CC(C)(C)OC(=O)N1CCN(CCCc2cccnc2)CC1. The average Bonchev–Trinajstić information content (AvgIpc) is 2.47. The lowest BCUT2D eigenvalue weighted by molar-refractivity contribution is 0.0145. The third-order valence-corrected chi connectivity index (χ3v) is 3.69. The van der Waals surface area contributed by atoms with Gasteiger partial charge in [0, 0.05) is 38.6 Å². The topological polar surface area (TPSA) is 45.7 Å². The lowest BCUT2D eigenvalue weighted by atomic mass is 10.1. The molecule has 122 valence electrons. The van der Waals surface area contributed by atoms with E-state index in [4.69, 9.17) is 4.74 Å². The van der Waals surface area contributed by atoms with Gasteiger partial charge in [-0.3, -0.25) is 9.88 Å². The van der Waals surface area contributed by atoms with Gasteiger partial charge in [0.1, 0.15) is 5.60 Å². The minimum absolute atomic E-state index is 0.192. The number of aryl methyl sites for hydroxylation is 1. The second kappa shape index (κ2) is 7.58. The highest BCUT2D eigenvalue weighted by Gasteiger charge is 2.25. The van der Waals surface area contributed by atoms with Crippen molar-refractivity contribution in [2.45, 2.75) is 39.2 Å². The highest BCUT2D eigenvalue weighted by atomic mass is 16.6. The third kappa shape index (κ3) is 5.64. The van der Waals surface area contributed by atoms with Crippen LogP contribution in [0.3, 0.4) is 0 Å². The standard InChI is InChI=1S/C17H27N3O2/c1-17(2,3)22-16(21)20-12-10-19(11-13-20)9-5-7-15-6-4-8-18-14-15/h4,6,8,14H,5,7,9-13H2,1-3H3. The van der Waals surface area contributed by atoms with E-state index in [2.05, 4.69) is 16.0 Å². The largest absolute Gasteiger partial charge is 0.444 e. The van der Waals surface area contributed by atoms with Crippen molar-refractivity contribution in [1.29, 1.82) is 0 Å². The molecule has 2 rings (SSSR count). The van der Waals surface area contributed by atoms with Crippen LogP contribution in [0.5, 0.6) is 0 Å². The zero-order valence-electron chi connectivity index (χ0n) is 13.9. The fourth-order valence-electron chi connectivity index (χ4n) is 2.53. The average molecular weight is 305 g/mol. The van der Waals surface area contributed by atoms with Crippen molar-refractivity contribution < 1.29 is 9.53 Å². The molecule has 0 bridgehead atoms. The summed E-state index contributed by atoms with van der Waals surface area (Å²) in [5, 5.41) is 0. The molecule has 1 amide bonds. The maximum Gasteiger partial charge on any atom is 0.410 e. The van der Waals surface area contributed by atoms with E-state index in [1.54, 1.807) is 6.20 Å². The van der Waals surface area contributed by atoms with Crippen LogP contribution in [-0.4, -0.2) is 59.2 Å². The molecule has 1 aromatic rings. The van der Waals surface area contributed by atoms with Crippen LogP contribution in [0.2, 0.25) is 0 Å². The predicted octanol–water partition coefficient (Wildman–Crippen LogP) is 2.57. The van der Waals surface area contributed by atoms with E-state index >= 15 is 0 Å². The molecule has 0 aliphatic carbocycles. The van der Waals surface area contributed by atoms with Crippen LogP contribution in [0.1, 0.15) is 32.8 Å². The zero-order valence-corrected chi connectivity index (χ0v) is 13.9. The van der Waals surface area contributed by atoms with Crippen LogP contribution in [0, 0.1) is 0 Å². The Bertz CT molecular complexity index is 463. The maximum atomic E-state index is 12.0. The summed E-state index contributed by atoms with van der Waals surface area (Å²) in [5.74, 6) is 0. The van der Waals surface area contributed by atoms with Gasteiger partial charge in [-0.2, -0.15) is 0 Å². The molecule has 5 heteroatoms. The molecule has 22 heavy (non-hydrogen) atoms. The number of hydrogen-bond acceptors (Lipinski definition) is 4. The van der Waals surface area contributed by atoms with Crippen LogP contribution in [0.25, 0.3) is 0 Å². The van der Waals surface area contributed by atoms with E-state index in [1.807, 2.05) is 37.9 Å². The first-order valence-corrected chi connectivity index (χ1v) is 8.03. The molecule has 0 unspecified atom stereocenters. The van der Waals surface area contributed by atoms with Crippen LogP contribution >= 0.6 is 0 Å². The molecular weight excluding hydrogens is 278 g/mol. The number of amides is 1. The van der Waals surface area contributed by atoms with E-state index in [1.165, 1.54) is 5.56 Å². The first-order valence-electron chi connectivity index (χ1n) is 8.03. The van der Waals surface area contributed by atoms with Gasteiger partial charge in [0.2, 0.25) is 0 Å². The van der Waals surface area contributed by atoms with Gasteiger partial charge in [0.15, 0.2) is 0 Å². The summed E-state index contributed by atoms with van der Waals surface area (Å²) >= 11 is 0. The van der Waals surface area contributed by atoms with Gasteiger partial charge in [-0.05, 0) is 51.8 Å². The van der Waals surface area contributed by atoms with E-state index in [9.17, 15) is 4.79 Å². The minimum Gasteiger partial charge on any atom is -0.444 e. The summed E-state index contributed by atoms with van der Waals surface area (Å²) in [6, 6.07) is 4.10. The first kappa shape index (κ1) is 16.7. The monoisotopic (exact) mass is 305 g/mol. The molecule has 2 heterocycles. The minimum atomic E-state index is -0.419. The Labute approximate surface area is 133 Å². The fourth-order valence-corrected chi connectivity index (χ4v) is 2.53. The van der Waals surface area contributed by atoms with Gasteiger partial charge >= 0.3 is 6.09 Å². The van der Waals surface area contributed by atoms with Crippen molar-refractivity contribution in [2.24, 2.45) is 0 Å². The van der Waals surface area contributed by atoms with Gasteiger partial charge in [-0.1, -0.05) is 6.07 Å². The Kier molecular flexibility index (Phi) is 5.77. The molecular formula is C17H27N3O2. The van der Waals surface area contributed by atoms with Crippen LogP contribution in [0.4, 0.5) is 4.79 Å². The van der Waals surface area contributed by atoms with Crippen molar-refractivity contribution >= 4 is 6.09 Å². The number of nitrogens with zero attached hydrogens (tertiary/aromatic N) is 3. The van der Waals surface area contributed by atoms with Gasteiger partial charge < -0.3 is 9.64 Å². The lowest BCUT2D eigenvalue weighted by Crippen LogP contribution is -2.50. The summed E-state index contributed by atoms with van der Waals surface area (Å²) < 4.78 is 5.41. The number of pyridine rings is 1. The Morgan fingerprint density at radius 1 is 1.27 bits per heavy atom. The molecule has 1 aliphatic heterocycles. The molecule has 1 aromatic heterocycles. The Balaban J connectivity index is 1.66. The summed E-state index contributed by atoms with van der Waals surface area (Å²) in [7, 11) is 0. The highest BCUT2D eigenvalue weighted by molar-refractivity contribution is 5.68. The normalized spacial score (nSPS) is 16.6. The van der Waals surface area contributed by atoms with Gasteiger partial charge in [-0.25, -0.2) is 4.79 Å². The Morgan fingerprint density at radius 3 is 2.59 bits per heavy atom. The number of ether oxygens (including phenoxy) is 1. The number of rotatable bonds is 4. The number of carbonyl (C=O) groups excluding carboxylic acids is 1. The van der Waals surface area contributed by atoms with Crippen molar-refractivity contribution in [3.63, 3.8) is 0 Å². The van der Waals surface area contributed by atoms with Gasteiger partial charge in [0.25, 0.3) is 0 Å². The number of aromatic nitrogens is 1. The van der Waals surface area contributed by atoms with E-state index < -0.39 is 5.60 Å². The van der Waals surface area contributed by atoms with Crippen LogP contribution < -0.4 is 0 Å². The lowest BCUT2D eigenvalue weighted by Gasteiger charge is -2.35. The Hall–Kier alpha value is -1.62. The number of piperazine rings is 1. The molecule has 1 aliphatic rings. The Morgan fingerprint density at radius 2 is 2.00 bits per heavy atom. The summed E-state index contributed by atoms with van der Waals surface area (Å²) in [4.78, 5) is 20.4. The molecule has 5 nitrogen and oxygen atoms in total. The predicted molar refractivity (Wildman–Crippen MR) is 86.8 cm³/mol. The zero-order chi connectivity index (χ0) is 16.0. The highest BCUT2D eigenvalue weighted by Crippen LogP contribution is 2.12. The fraction of sp³-hybridized carbons (Fsp3) is 0.647. The second-order valence-electron chi connectivity index (χ2n) is 6.77. The molecule has 0 saturated carbocycles. The van der Waals surface area contributed by atoms with Gasteiger partial charge in [-0.15, -0.1) is 0 Å². The summed E-state index contributed by atoms with van der Waals surface area (Å²) in [6.45, 7) is 10.1. The van der Waals surface area contributed by atoms with E-state index in [-0.39, 0.29) is 6.09 Å². The molecule has 0 aromatic carbocycles. The molecule has 0 spiro atoms. The maximum absolute atomic E-state index is 12.0. The van der Waals surface area contributed by atoms with Crippen molar-refractivity contribution in [3.8, 4) is 0 Å². The molecule has 0 radical (unpaired) electrons. The van der Waals surface area contributed by atoms with E-state index in [0.29, 0.717) is 0 Å². The molecule has 0 N–H and O–H groups in total. The first-order chi connectivity index (χ1) is 10.4. The smallest absolute Gasteiger partial charge is 0.410 e. The van der Waals surface area contributed by atoms with Crippen molar-refractivity contribution in [2.75, 3.05) is 32.7 Å². The number of carbonyl (C=O) groups is 1.